The Labute approximate surface area is 114 Å². The van der Waals surface area contributed by atoms with Gasteiger partial charge in [-0.2, -0.15) is 0 Å². The highest BCUT2D eigenvalue weighted by Gasteiger charge is 2.18. The molecule has 0 fully saturated rings. The minimum atomic E-state index is -0.163. The third-order valence-corrected chi connectivity index (χ3v) is 3.03. The first-order chi connectivity index (χ1) is 8.65. The van der Waals surface area contributed by atoms with Gasteiger partial charge >= 0.3 is 0 Å². The Kier molecular flexibility index (Phi) is 6.11. The molecule has 0 saturated carbocycles. The van der Waals surface area contributed by atoms with E-state index in [2.05, 4.69) is 15.9 Å². The van der Waals surface area contributed by atoms with Gasteiger partial charge in [0.25, 0.3) is 0 Å². The molecular weight excluding hydrogens is 302 g/mol. The van der Waals surface area contributed by atoms with Crippen molar-refractivity contribution in [2.75, 3.05) is 34.0 Å². The van der Waals surface area contributed by atoms with E-state index in [0.29, 0.717) is 34.7 Å². The Bertz CT molecular complexity index is 423. The second kappa shape index (κ2) is 7.35. The number of hydrogen-bond acceptors (Lipinski definition) is 5. The topological polar surface area (TPSA) is 70.8 Å². The van der Waals surface area contributed by atoms with Crippen LogP contribution in [0.25, 0.3) is 0 Å². The van der Waals surface area contributed by atoms with Gasteiger partial charge in [-0.15, -0.1) is 0 Å². The monoisotopic (exact) mass is 317 g/mol. The minimum Gasteiger partial charge on any atom is -0.495 e. The third kappa shape index (κ3) is 3.44. The molecule has 0 saturated heterocycles. The SMILES string of the molecule is COc1ccc(C(=O)COCCN)c(OC)c1Br. The minimum absolute atomic E-state index is 0.0215. The number of halogens is 1. The summed E-state index contributed by atoms with van der Waals surface area (Å²) in [5.74, 6) is 0.880. The molecule has 100 valence electrons. The maximum Gasteiger partial charge on any atom is 0.192 e. The molecule has 2 N–H and O–H groups in total. The predicted octanol–water partition coefficient (Wildman–Crippen LogP) is 1.62. The molecule has 0 amide bonds. The number of nitrogens with two attached hydrogens (primary N) is 1. The molecule has 1 rings (SSSR count). The summed E-state index contributed by atoms with van der Waals surface area (Å²) in [5.41, 5.74) is 5.73. The maximum absolute atomic E-state index is 11.9. The number of ether oxygens (including phenoxy) is 3. The lowest BCUT2D eigenvalue weighted by Crippen LogP contribution is -2.15. The largest absolute Gasteiger partial charge is 0.495 e. The van der Waals surface area contributed by atoms with Crippen LogP contribution in [0.15, 0.2) is 16.6 Å². The number of carbonyl (C=O) groups excluding carboxylic acids is 1. The average Bonchev–Trinajstić information content (AvgIpc) is 2.38. The molecule has 0 heterocycles. The molecule has 6 heteroatoms. The summed E-state index contributed by atoms with van der Waals surface area (Å²) in [4.78, 5) is 11.9. The van der Waals surface area contributed by atoms with Crippen molar-refractivity contribution in [2.24, 2.45) is 5.73 Å². The van der Waals surface area contributed by atoms with Crippen LogP contribution in [0.4, 0.5) is 0 Å². The smallest absolute Gasteiger partial charge is 0.192 e. The van der Waals surface area contributed by atoms with Crippen molar-refractivity contribution in [3.8, 4) is 11.5 Å². The van der Waals surface area contributed by atoms with E-state index in [1.54, 1.807) is 19.2 Å². The highest BCUT2D eigenvalue weighted by Crippen LogP contribution is 2.37. The molecule has 0 bridgehead atoms. The summed E-state index contributed by atoms with van der Waals surface area (Å²) in [6.07, 6.45) is 0. The van der Waals surface area contributed by atoms with Gasteiger partial charge in [-0.05, 0) is 28.1 Å². The van der Waals surface area contributed by atoms with Gasteiger partial charge < -0.3 is 19.9 Å². The van der Waals surface area contributed by atoms with Crippen LogP contribution in [0.5, 0.6) is 11.5 Å². The Morgan fingerprint density at radius 1 is 1.33 bits per heavy atom. The van der Waals surface area contributed by atoms with Gasteiger partial charge in [0.1, 0.15) is 22.6 Å². The fourth-order valence-electron chi connectivity index (χ4n) is 1.44. The van der Waals surface area contributed by atoms with Crippen molar-refractivity contribution < 1.29 is 19.0 Å². The number of carbonyl (C=O) groups is 1. The molecule has 0 aliphatic heterocycles. The quantitative estimate of drug-likeness (QED) is 0.611. The lowest BCUT2D eigenvalue weighted by molar-refractivity contribution is 0.0771. The molecule has 0 aliphatic rings. The number of hydrogen-bond donors (Lipinski definition) is 1. The second-order valence-corrected chi connectivity index (χ2v) is 4.22. The van der Waals surface area contributed by atoms with Crippen LogP contribution in [0.2, 0.25) is 0 Å². The van der Waals surface area contributed by atoms with Gasteiger partial charge in [0.15, 0.2) is 5.78 Å². The molecule has 5 nitrogen and oxygen atoms in total. The molecule has 0 unspecified atom stereocenters. The van der Waals surface area contributed by atoms with Crippen LogP contribution in [-0.2, 0) is 4.74 Å². The van der Waals surface area contributed by atoms with E-state index in [4.69, 9.17) is 19.9 Å². The molecule has 0 atom stereocenters. The van der Waals surface area contributed by atoms with Crippen LogP contribution < -0.4 is 15.2 Å². The highest BCUT2D eigenvalue weighted by molar-refractivity contribution is 9.10. The summed E-state index contributed by atoms with van der Waals surface area (Å²) < 4.78 is 16.1. The first-order valence-corrected chi connectivity index (χ1v) is 6.16. The molecule has 1 aromatic rings. The molecular formula is C12H16BrNO4. The summed E-state index contributed by atoms with van der Waals surface area (Å²) in [5, 5.41) is 0. The summed E-state index contributed by atoms with van der Waals surface area (Å²) in [7, 11) is 3.04. The zero-order valence-electron chi connectivity index (χ0n) is 10.4. The lowest BCUT2D eigenvalue weighted by atomic mass is 10.1. The van der Waals surface area contributed by atoms with Crippen molar-refractivity contribution in [1.29, 1.82) is 0 Å². The molecule has 0 aromatic heterocycles. The van der Waals surface area contributed by atoms with Gasteiger partial charge in [0.05, 0.1) is 26.4 Å². The highest BCUT2D eigenvalue weighted by atomic mass is 79.9. The maximum atomic E-state index is 11.9. The molecule has 0 radical (unpaired) electrons. The number of rotatable bonds is 7. The van der Waals surface area contributed by atoms with E-state index in [9.17, 15) is 4.79 Å². The Morgan fingerprint density at radius 3 is 2.61 bits per heavy atom. The lowest BCUT2D eigenvalue weighted by Gasteiger charge is -2.12. The molecule has 18 heavy (non-hydrogen) atoms. The summed E-state index contributed by atoms with van der Waals surface area (Å²) in [6, 6.07) is 3.35. The van der Waals surface area contributed by atoms with E-state index in [1.807, 2.05) is 0 Å². The third-order valence-electron chi connectivity index (χ3n) is 2.28. The first kappa shape index (κ1) is 14.9. The number of benzene rings is 1. The van der Waals surface area contributed by atoms with Crippen molar-refractivity contribution in [3.05, 3.63) is 22.2 Å². The second-order valence-electron chi connectivity index (χ2n) is 3.43. The normalized spacial score (nSPS) is 10.2. The number of Topliss-reactive ketones (excluding diaryl/α,β-unsaturated/α-hetero) is 1. The summed E-state index contributed by atoms with van der Waals surface area (Å²) in [6.45, 7) is 0.717. The van der Waals surface area contributed by atoms with Gasteiger partial charge in [0.2, 0.25) is 0 Å². The summed E-state index contributed by atoms with van der Waals surface area (Å²) >= 11 is 3.34. The van der Waals surface area contributed by atoms with Gasteiger partial charge in [-0.1, -0.05) is 0 Å². The standard InChI is InChI=1S/C12H16BrNO4/c1-16-10-4-3-8(12(17-2)11(10)13)9(15)7-18-6-5-14/h3-4H,5-7,14H2,1-2H3. The predicted molar refractivity (Wildman–Crippen MR) is 71.4 cm³/mol. The van der Waals surface area contributed by atoms with Crippen molar-refractivity contribution in [1.82, 2.24) is 0 Å². The molecule has 0 aliphatic carbocycles. The number of methoxy groups -OCH3 is 2. The average molecular weight is 318 g/mol. The van der Waals surface area contributed by atoms with E-state index < -0.39 is 0 Å². The van der Waals surface area contributed by atoms with E-state index in [1.165, 1.54) is 7.11 Å². The number of ketones is 1. The van der Waals surface area contributed by atoms with Crippen LogP contribution in [0, 0.1) is 0 Å². The van der Waals surface area contributed by atoms with Gasteiger partial charge in [-0.25, -0.2) is 0 Å². The fourth-order valence-corrected chi connectivity index (χ4v) is 2.11. The van der Waals surface area contributed by atoms with Crippen LogP contribution in [0.3, 0.4) is 0 Å². The van der Waals surface area contributed by atoms with Crippen molar-refractivity contribution >= 4 is 21.7 Å². The Morgan fingerprint density at radius 2 is 2.06 bits per heavy atom. The van der Waals surface area contributed by atoms with Crippen LogP contribution >= 0.6 is 15.9 Å². The van der Waals surface area contributed by atoms with Crippen LogP contribution in [0.1, 0.15) is 10.4 Å². The van der Waals surface area contributed by atoms with E-state index in [0.717, 1.165) is 0 Å². The van der Waals surface area contributed by atoms with Crippen molar-refractivity contribution in [2.45, 2.75) is 0 Å². The van der Waals surface area contributed by atoms with Crippen molar-refractivity contribution in [3.63, 3.8) is 0 Å². The Hall–Kier alpha value is -1.11. The Balaban J connectivity index is 2.94. The fraction of sp³-hybridized carbons (Fsp3) is 0.417. The zero-order chi connectivity index (χ0) is 13.5. The first-order valence-electron chi connectivity index (χ1n) is 5.37. The van der Waals surface area contributed by atoms with E-state index in [-0.39, 0.29) is 12.4 Å². The van der Waals surface area contributed by atoms with Gasteiger partial charge in [0, 0.05) is 6.54 Å². The van der Waals surface area contributed by atoms with Crippen LogP contribution in [-0.4, -0.2) is 39.8 Å². The van der Waals surface area contributed by atoms with Gasteiger partial charge in [-0.3, -0.25) is 4.79 Å². The molecule has 0 spiro atoms. The zero-order valence-corrected chi connectivity index (χ0v) is 12.0. The van der Waals surface area contributed by atoms with E-state index >= 15 is 0 Å². The molecule has 1 aromatic carbocycles.